The summed E-state index contributed by atoms with van der Waals surface area (Å²) in [5.41, 5.74) is 5.74. The lowest BCUT2D eigenvalue weighted by atomic mass is 10.1. The van der Waals surface area contributed by atoms with Crippen LogP contribution >= 0.6 is 11.8 Å². The minimum atomic E-state index is -4.28. The molecular weight excluding hydrogens is 242 g/mol. The van der Waals surface area contributed by atoms with Crippen molar-refractivity contribution in [3.8, 4) is 0 Å². The van der Waals surface area contributed by atoms with E-state index in [0.717, 1.165) is 11.8 Å². The Morgan fingerprint density at radius 2 is 2.20 bits per heavy atom. The van der Waals surface area contributed by atoms with E-state index in [9.17, 15) is 13.2 Å². The number of hydrogen-bond acceptors (Lipinski definition) is 5. The van der Waals surface area contributed by atoms with Gasteiger partial charge in [0.05, 0.1) is 4.87 Å². The average Bonchev–Trinajstić information content (AvgIpc) is 2.44. The Labute approximate surface area is 91.3 Å². The molecule has 6 nitrogen and oxygen atoms in total. The van der Waals surface area contributed by atoms with Gasteiger partial charge in [-0.1, -0.05) is 6.08 Å². The van der Waals surface area contributed by atoms with Crippen LogP contribution in [0.25, 0.3) is 0 Å². The van der Waals surface area contributed by atoms with E-state index in [-0.39, 0.29) is 12.8 Å². The van der Waals surface area contributed by atoms with Crippen molar-refractivity contribution in [2.24, 2.45) is 5.73 Å². The second-order valence-electron chi connectivity index (χ2n) is 3.23. The van der Waals surface area contributed by atoms with E-state index in [1.165, 1.54) is 11.5 Å². The molecule has 86 valence electrons. The largest absolute Gasteiger partial charge is 0.481 e. The van der Waals surface area contributed by atoms with E-state index in [2.05, 4.69) is 0 Å². The highest BCUT2D eigenvalue weighted by molar-refractivity contribution is 8.04. The molecule has 1 rings (SSSR count). The first-order chi connectivity index (χ1) is 6.76. The van der Waals surface area contributed by atoms with E-state index in [1.807, 2.05) is 0 Å². The summed E-state index contributed by atoms with van der Waals surface area (Å²) in [6.07, 6.45) is 1.00. The SMILES string of the molecule is N[C@@]1(CCC(=O)O)SC=CC1S(=O)(=O)O. The summed E-state index contributed by atoms with van der Waals surface area (Å²) in [5, 5.41) is 8.70. The molecule has 0 fully saturated rings. The first-order valence-corrected chi connectivity index (χ1v) is 6.45. The zero-order chi connectivity index (χ0) is 11.7. The lowest BCUT2D eigenvalue weighted by Crippen LogP contribution is -2.48. The zero-order valence-electron chi connectivity index (χ0n) is 7.66. The number of rotatable bonds is 4. The molecule has 0 bridgehead atoms. The van der Waals surface area contributed by atoms with Gasteiger partial charge in [-0.05, 0) is 11.8 Å². The number of carboxylic acid groups (broad SMARTS) is 1. The summed E-state index contributed by atoms with van der Waals surface area (Å²) in [6, 6.07) is 0. The lowest BCUT2D eigenvalue weighted by Gasteiger charge is -2.27. The molecular formula is C7H11NO5S2. The van der Waals surface area contributed by atoms with Crippen molar-refractivity contribution in [2.75, 3.05) is 0 Å². The molecule has 0 aliphatic carbocycles. The maximum atomic E-state index is 11.0. The van der Waals surface area contributed by atoms with Gasteiger partial charge in [0.2, 0.25) is 0 Å². The molecule has 4 N–H and O–H groups in total. The van der Waals surface area contributed by atoms with Crippen molar-refractivity contribution in [3.05, 3.63) is 11.5 Å². The highest BCUT2D eigenvalue weighted by Crippen LogP contribution is 2.39. The first-order valence-electron chi connectivity index (χ1n) is 4.07. The summed E-state index contributed by atoms with van der Waals surface area (Å²) < 4.78 is 30.8. The highest BCUT2D eigenvalue weighted by Gasteiger charge is 2.44. The molecule has 0 aromatic rings. The van der Waals surface area contributed by atoms with Crippen LogP contribution in [0.1, 0.15) is 12.8 Å². The molecule has 1 heterocycles. The smallest absolute Gasteiger partial charge is 0.303 e. The third-order valence-corrected chi connectivity index (χ3v) is 4.63. The number of aliphatic carboxylic acids is 1. The van der Waals surface area contributed by atoms with Gasteiger partial charge in [-0.25, -0.2) is 0 Å². The number of carboxylic acids is 1. The average molecular weight is 253 g/mol. The van der Waals surface area contributed by atoms with E-state index in [0.29, 0.717) is 0 Å². The van der Waals surface area contributed by atoms with Gasteiger partial charge >= 0.3 is 5.97 Å². The molecule has 0 spiro atoms. The van der Waals surface area contributed by atoms with Crippen LogP contribution in [-0.4, -0.2) is 34.2 Å². The van der Waals surface area contributed by atoms with Gasteiger partial charge in [-0.15, -0.1) is 11.8 Å². The van der Waals surface area contributed by atoms with Crippen LogP contribution in [0.5, 0.6) is 0 Å². The fourth-order valence-electron chi connectivity index (χ4n) is 1.32. The molecule has 1 unspecified atom stereocenters. The predicted molar refractivity (Wildman–Crippen MR) is 55.9 cm³/mol. The van der Waals surface area contributed by atoms with Crippen LogP contribution < -0.4 is 5.73 Å². The summed E-state index contributed by atoms with van der Waals surface area (Å²) in [4.78, 5) is 9.07. The minimum absolute atomic E-state index is 0.0234. The maximum Gasteiger partial charge on any atom is 0.303 e. The Morgan fingerprint density at radius 1 is 1.60 bits per heavy atom. The molecule has 0 aromatic heterocycles. The Balaban J connectivity index is 2.81. The van der Waals surface area contributed by atoms with Gasteiger partial charge in [-0.3, -0.25) is 9.35 Å². The molecule has 0 saturated carbocycles. The van der Waals surface area contributed by atoms with Gasteiger partial charge in [-0.2, -0.15) is 8.42 Å². The van der Waals surface area contributed by atoms with Crippen molar-refractivity contribution >= 4 is 27.8 Å². The van der Waals surface area contributed by atoms with E-state index in [1.54, 1.807) is 0 Å². The molecule has 1 aliphatic heterocycles. The van der Waals surface area contributed by atoms with E-state index in [4.69, 9.17) is 15.4 Å². The van der Waals surface area contributed by atoms with Crippen LogP contribution in [0, 0.1) is 0 Å². The number of carbonyl (C=O) groups is 1. The minimum Gasteiger partial charge on any atom is -0.481 e. The van der Waals surface area contributed by atoms with Crippen LogP contribution in [0.4, 0.5) is 0 Å². The topological polar surface area (TPSA) is 118 Å². The molecule has 2 atom stereocenters. The third kappa shape index (κ3) is 2.94. The summed E-state index contributed by atoms with van der Waals surface area (Å²) in [6.45, 7) is 0. The second kappa shape index (κ2) is 4.12. The van der Waals surface area contributed by atoms with Crippen molar-refractivity contribution in [1.29, 1.82) is 0 Å². The van der Waals surface area contributed by atoms with Crippen molar-refractivity contribution < 1.29 is 22.9 Å². The Morgan fingerprint density at radius 3 is 2.67 bits per heavy atom. The van der Waals surface area contributed by atoms with E-state index >= 15 is 0 Å². The quantitative estimate of drug-likeness (QED) is 0.604. The maximum absolute atomic E-state index is 11.0. The van der Waals surface area contributed by atoms with Crippen molar-refractivity contribution in [1.82, 2.24) is 0 Å². The fraction of sp³-hybridized carbons (Fsp3) is 0.571. The predicted octanol–water partition coefficient (Wildman–Crippen LogP) is 0.0231. The monoisotopic (exact) mass is 253 g/mol. The first kappa shape index (κ1) is 12.5. The zero-order valence-corrected chi connectivity index (χ0v) is 9.29. The van der Waals surface area contributed by atoms with Crippen molar-refractivity contribution in [2.45, 2.75) is 23.0 Å². The molecule has 0 aromatic carbocycles. The molecule has 8 heteroatoms. The number of thioether (sulfide) groups is 1. The van der Waals surface area contributed by atoms with Gasteiger partial charge < -0.3 is 10.8 Å². The summed E-state index contributed by atoms with van der Waals surface area (Å²) in [5.74, 6) is -1.05. The lowest BCUT2D eigenvalue weighted by molar-refractivity contribution is -0.137. The van der Waals surface area contributed by atoms with Gasteiger partial charge in [0.15, 0.2) is 0 Å². The fourth-order valence-corrected chi connectivity index (χ4v) is 3.77. The van der Waals surface area contributed by atoms with E-state index < -0.39 is 26.2 Å². The highest BCUT2D eigenvalue weighted by atomic mass is 32.2. The molecule has 0 radical (unpaired) electrons. The molecule has 0 saturated heterocycles. The second-order valence-corrected chi connectivity index (χ2v) is 6.04. The van der Waals surface area contributed by atoms with Crippen LogP contribution in [-0.2, 0) is 14.9 Å². The molecule has 1 aliphatic rings. The number of nitrogens with two attached hydrogens (primary N) is 1. The summed E-state index contributed by atoms with van der Waals surface area (Å²) in [7, 11) is -4.28. The Hall–Kier alpha value is -0.570. The van der Waals surface area contributed by atoms with Crippen LogP contribution in [0.2, 0.25) is 0 Å². The van der Waals surface area contributed by atoms with Gasteiger partial charge in [0.25, 0.3) is 10.1 Å². The van der Waals surface area contributed by atoms with Crippen LogP contribution in [0.15, 0.2) is 11.5 Å². The van der Waals surface area contributed by atoms with Crippen LogP contribution in [0.3, 0.4) is 0 Å². The number of hydrogen-bond donors (Lipinski definition) is 3. The normalized spacial score (nSPS) is 30.7. The standard InChI is InChI=1S/C7H11NO5S2/c8-7(3-1-6(9)10)5(2-4-14-7)15(11,12)13/h2,4-5H,1,3,8H2,(H,9,10)(H,11,12,13)/t5?,7-/m0/s1. The Kier molecular flexibility index (Phi) is 3.44. The van der Waals surface area contributed by atoms with Gasteiger partial charge in [0.1, 0.15) is 5.25 Å². The van der Waals surface area contributed by atoms with Crippen molar-refractivity contribution in [3.63, 3.8) is 0 Å². The molecule has 15 heavy (non-hydrogen) atoms. The Bertz CT molecular complexity index is 390. The third-order valence-electron chi connectivity index (χ3n) is 2.07. The van der Waals surface area contributed by atoms with Gasteiger partial charge in [0, 0.05) is 6.42 Å². The summed E-state index contributed by atoms with van der Waals surface area (Å²) >= 11 is 1.02. The molecule has 0 amide bonds.